The summed E-state index contributed by atoms with van der Waals surface area (Å²) < 4.78 is 5.23. The van der Waals surface area contributed by atoms with Gasteiger partial charge in [-0.25, -0.2) is 0 Å². The molecular formula is C11H21NO3. The van der Waals surface area contributed by atoms with Gasteiger partial charge in [-0.15, -0.1) is 0 Å². The van der Waals surface area contributed by atoms with Crippen LogP contribution in [0.15, 0.2) is 0 Å². The Kier molecular flexibility index (Phi) is 5.65. The van der Waals surface area contributed by atoms with Crippen molar-refractivity contribution in [2.45, 2.75) is 38.6 Å². The average Bonchev–Trinajstić information content (AvgIpc) is 2.25. The van der Waals surface area contributed by atoms with Gasteiger partial charge in [-0.2, -0.15) is 0 Å². The highest BCUT2D eigenvalue weighted by Gasteiger charge is 2.25. The van der Waals surface area contributed by atoms with Gasteiger partial charge in [0.15, 0.2) is 0 Å². The highest BCUT2D eigenvalue weighted by atomic mass is 16.5. The number of carboxylic acids is 1. The van der Waals surface area contributed by atoms with E-state index >= 15 is 0 Å². The lowest BCUT2D eigenvalue weighted by Gasteiger charge is -2.26. The predicted molar refractivity (Wildman–Crippen MR) is 57.9 cm³/mol. The van der Waals surface area contributed by atoms with Crippen LogP contribution in [0.5, 0.6) is 0 Å². The predicted octanol–water partition coefficient (Wildman–Crippen LogP) is 1.26. The minimum atomic E-state index is -0.636. The van der Waals surface area contributed by atoms with Crippen LogP contribution in [0.2, 0.25) is 0 Å². The molecule has 0 unspecified atom stereocenters. The van der Waals surface area contributed by atoms with Crippen LogP contribution in [0.3, 0.4) is 0 Å². The SMILES string of the molecule is CCOCCNC1CCC(C(=O)O)CC1. The molecule has 88 valence electrons. The summed E-state index contributed by atoms with van der Waals surface area (Å²) >= 11 is 0. The maximum atomic E-state index is 10.7. The zero-order valence-electron chi connectivity index (χ0n) is 9.37. The van der Waals surface area contributed by atoms with E-state index in [1.165, 1.54) is 0 Å². The zero-order chi connectivity index (χ0) is 11.1. The highest BCUT2D eigenvalue weighted by molar-refractivity contribution is 5.70. The molecule has 15 heavy (non-hydrogen) atoms. The summed E-state index contributed by atoms with van der Waals surface area (Å²) in [5.74, 6) is -0.752. The van der Waals surface area contributed by atoms with Crippen LogP contribution in [0.25, 0.3) is 0 Å². The third-order valence-electron chi connectivity index (χ3n) is 2.96. The fraction of sp³-hybridized carbons (Fsp3) is 0.909. The lowest BCUT2D eigenvalue weighted by Crippen LogP contribution is -2.36. The molecule has 0 spiro atoms. The maximum Gasteiger partial charge on any atom is 0.306 e. The van der Waals surface area contributed by atoms with Crippen molar-refractivity contribution in [1.29, 1.82) is 0 Å². The first-order chi connectivity index (χ1) is 7.24. The molecule has 1 saturated carbocycles. The van der Waals surface area contributed by atoms with Gasteiger partial charge >= 0.3 is 5.97 Å². The number of aliphatic carboxylic acids is 1. The summed E-state index contributed by atoms with van der Waals surface area (Å²) in [6.45, 7) is 4.36. The van der Waals surface area contributed by atoms with Crippen molar-refractivity contribution in [3.8, 4) is 0 Å². The maximum absolute atomic E-state index is 10.7. The van der Waals surface area contributed by atoms with E-state index in [4.69, 9.17) is 9.84 Å². The largest absolute Gasteiger partial charge is 0.481 e. The number of rotatable bonds is 6. The van der Waals surface area contributed by atoms with Gasteiger partial charge < -0.3 is 15.2 Å². The van der Waals surface area contributed by atoms with Gasteiger partial charge in [-0.05, 0) is 32.6 Å². The fourth-order valence-corrected chi connectivity index (χ4v) is 2.02. The Balaban J connectivity index is 2.07. The van der Waals surface area contributed by atoms with Gasteiger partial charge in [0.05, 0.1) is 12.5 Å². The van der Waals surface area contributed by atoms with Crippen LogP contribution in [0.1, 0.15) is 32.6 Å². The molecule has 0 aromatic heterocycles. The van der Waals surface area contributed by atoms with Gasteiger partial charge in [0.2, 0.25) is 0 Å². The molecule has 0 aromatic carbocycles. The molecule has 0 atom stereocenters. The van der Waals surface area contributed by atoms with Gasteiger partial charge in [-0.3, -0.25) is 4.79 Å². The molecule has 4 nitrogen and oxygen atoms in total. The van der Waals surface area contributed by atoms with Crippen LogP contribution < -0.4 is 5.32 Å². The number of ether oxygens (including phenoxy) is 1. The van der Waals surface area contributed by atoms with Crippen LogP contribution in [-0.4, -0.2) is 36.9 Å². The van der Waals surface area contributed by atoms with E-state index in [9.17, 15) is 4.79 Å². The number of carboxylic acid groups (broad SMARTS) is 1. The van der Waals surface area contributed by atoms with E-state index in [0.29, 0.717) is 6.04 Å². The number of hydrogen-bond donors (Lipinski definition) is 2. The first-order valence-electron chi connectivity index (χ1n) is 5.78. The van der Waals surface area contributed by atoms with E-state index in [2.05, 4.69) is 5.32 Å². The molecule has 4 heteroatoms. The van der Waals surface area contributed by atoms with Crippen molar-refractivity contribution in [3.63, 3.8) is 0 Å². The third-order valence-corrected chi connectivity index (χ3v) is 2.96. The molecule has 0 saturated heterocycles. The molecule has 1 aliphatic rings. The van der Waals surface area contributed by atoms with Gasteiger partial charge in [0, 0.05) is 19.2 Å². The minimum Gasteiger partial charge on any atom is -0.481 e. The standard InChI is InChI=1S/C11H21NO3/c1-2-15-8-7-12-10-5-3-9(4-6-10)11(13)14/h9-10,12H,2-8H2,1H3,(H,13,14). The monoisotopic (exact) mass is 215 g/mol. The zero-order valence-corrected chi connectivity index (χ0v) is 9.37. The normalized spacial score (nSPS) is 26.5. The van der Waals surface area contributed by atoms with E-state index in [0.717, 1.165) is 45.4 Å². The molecule has 0 bridgehead atoms. The molecule has 0 amide bonds. The second-order valence-electron chi connectivity index (χ2n) is 4.04. The molecule has 0 radical (unpaired) electrons. The first kappa shape index (κ1) is 12.5. The van der Waals surface area contributed by atoms with Crippen molar-refractivity contribution in [1.82, 2.24) is 5.32 Å². The van der Waals surface area contributed by atoms with E-state index < -0.39 is 5.97 Å². The highest BCUT2D eigenvalue weighted by Crippen LogP contribution is 2.24. The van der Waals surface area contributed by atoms with E-state index in [-0.39, 0.29) is 5.92 Å². The third kappa shape index (κ3) is 4.62. The average molecular weight is 215 g/mol. The summed E-state index contributed by atoms with van der Waals surface area (Å²) in [5, 5.41) is 12.2. The molecule has 1 aliphatic carbocycles. The number of carbonyl (C=O) groups is 1. The summed E-state index contributed by atoms with van der Waals surface area (Å²) in [4.78, 5) is 10.7. The van der Waals surface area contributed by atoms with Crippen molar-refractivity contribution >= 4 is 5.97 Å². The Morgan fingerprint density at radius 3 is 2.60 bits per heavy atom. The van der Waals surface area contributed by atoms with Crippen molar-refractivity contribution < 1.29 is 14.6 Å². The van der Waals surface area contributed by atoms with Crippen molar-refractivity contribution in [3.05, 3.63) is 0 Å². The minimum absolute atomic E-state index is 0.116. The topological polar surface area (TPSA) is 58.6 Å². The second-order valence-corrected chi connectivity index (χ2v) is 4.04. The Morgan fingerprint density at radius 2 is 2.07 bits per heavy atom. The summed E-state index contributed by atoms with van der Waals surface area (Å²) in [5.41, 5.74) is 0. The Labute approximate surface area is 91.0 Å². The molecule has 0 aromatic rings. The number of hydrogen-bond acceptors (Lipinski definition) is 3. The second kappa shape index (κ2) is 6.80. The van der Waals surface area contributed by atoms with Crippen LogP contribution in [-0.2, 0) is 9.53 Å². The lowest BCUT2D eigenvalue weighted by atomic mass is 9.86. The number of nitrogens with one attached hydrogen (secondary N) is 1. The Morgan fingerprint density at radius 1 is 1.40 bits per heavy atom. The molecule has 2 N–H and O–H groups in total. The molecule has 1 fully saturated rings. The van der Waals surface area contributed by atoms with Crippen molar-refractivity contribution in [2.75, 3.05) is 19.8 Å². The molecule has 1 rings (SSSR count). The summed E-state index contributed by atoms with van der Waals surface area (Å²) in [6.07, 6.45) is 3.56. The van der Waals surface area contributed by atoms with Crippen molar-refractivity contribution in [2.24, 2.45) is 5.92 Å². The lowest BCUT2D eigenvalue weighted by molar-refractivity contribution is -0.142. The van der Waals surface area contributed by atoms with Crippen LogP contribution in [0, 0.1) is 5.92 Å². The van der Waals surface area contributed by atoms with E-state index in [1.807, 2.05) is 6.92 Å². The van der Waals surface area contributed by atoms with Crippen LogP contribution in [0.4, 0.5) is 0 Å². The van der Waals surface area contributed by atoms with Gasteiger partial charge in [0.25, 0.3) is 0 Å². The molecule has 0 aliphatic heterocycles. The smallest absolute Gasteiger partial charge is 0.306 e. The summed E-state index contributed by atoms with van der Waals surface area (Å²) in [7, 11) is 0. The molecule has 0 heterocycles. The fourth-order valence-electron chi connectivity index (χ4n) is 2.02. The quantitative estimate of drug-likeness (QED) is 0.655. The Bertz CT molecular complexity index is 188. The summed E-state index contributed by atoms with van der Waals surface area (Å²) in [6, 6.07) is 0.487. The van der Waals surface area contributed by atoms with Crippen LogP contribution >= 0.6 is 0 Å². The first-order valence-corrected chi connectivity index (χ1v) is 5.78. The Hall–Kier alpha value is -0.610. The van der Waals surface area contributed by atoms with Gasteiger partial charge in [-0.1, -0.05) is 0 Å². The molecular weight excluding hydrogens is 194 g/mol. The van der Waals surface area contributed by atoms with E-state index in [1.54, 1.807) is 0 Å². The van der Waals surface area contributed by atoms with Gasteiger partial charge in [0.1, 0.15) is 0 Å².